The number of alkyl halides is 10. The van der Waals surface area contributed by atoms with Crippen molar-refractivity contribution in [3.8, 4) is 0 Å². The van der Waals surface area contributed by atoms with E-state index in [0.29, 0.717) is 0 Å². The van der Waals surface area contributed by atoms with Gasteiger partial charge in [0.2, 0.25) is 0 Å². The standard InChI is InChI=1S/C9H9F10O2/c1-4(20)2-21-3-6(12,13)8(16,17)9(18,19)7(14,15)5(10)11/h4-5,20H,1-3H2. The number of aliphatic hydroxyl groups is 1. The monoisotopic (exact) mass is 339 g/mol. The molecular weight excluding hydrogens is 330 g/mol. The lowest BCUT2D eigenvalue weighted by atomic mass is 9.99. The maximum Gasteiger partial charge on any atom is 0.384 e. The molecule has 1 radical (unpaired) electrons. The first-order chi connectivity index (χ1) is 9.11. The van der Waals surface area contributed by atoms with Crippen molar-refractivity contribution in [2.45, 2.75) is 36.2 Å². The molecule has 0 amide bonds. The van der Waals surface area contributed by atoms with E-state index in [-0.39, 0.29) is 0 Å². The van der Waals surface area contributed by atoms with Crippen LogP contribution < -0.4 is 0 Å². The average molecular weight is 339 g/mol. The fraction of sp³-hybridized carbons (Fsp3) is 0.889. The average Bonchev–Trinajstić information content (AvgIpc) is 2.26. The fourth-order valence-corrected chi connectivity index (χ4v) is 0.990. The van der Waals surface area contributed by atoms with E-state index in [1.165, 1.54) is 0 Å². The lowest BCUT2D eigenvalue weighted by Crippen LogP contribution is -2.65. The van der Waals surface area contributed by atoms with E-state index in [1.54, 1.807) is 0 Å². The van der Waals surface area contributed by atoms with E-state index in [2.05, 4.69) is 11.7 Å². The molecular formula is C9H9F10O2. The van der Waals surface area contributed by atoms with Gasteiger partial charge in [-0.15, -0.1) is 0 Å². The molecule has 0 aliphatic carbocycles. The molecule has 0 aromatic carbocycles. The highest BCUT2D eigenvalue weighted by molar-refractivity contribution is 5.04. The summed E-state index contributed by atoms with van der Waals surface area (Å²) in [5, 5.41) is 8.48. The fourth-order valence-electron chi connectivity index (χ4n) is 0.990. The lowest BCUT2D eigenvalue weighted by Gasteiger charge is -2.36. The van der Waals surface area contributed by atoms with Gasteiger partial charge in [-0.2, -0.15) is 35.1 Å². The molecule has 0 aromatic rings. The predicted octanol–water partition coefficient (Wildman–Crippen LogP) is 3.00. The maximum atomic E-state index is 12.9. The predicted molar refractivity (Wildman–Crippen MR) is 48.0 cm³/mol. The Balaban J connectivity index is 5.32. The third-order valence-corrected chi connectivity index (χ3v) is 2.14. The van der Waals surface area contributed by atoms with Crippen LogP contribution in [0.4, 0.5) is 43.9 Å². The molecule has 127 valence electrons. The van der Waals surface area contributed by atoms with Gasteiger partial charge in [0.15, 0.2) is 0 Å². The van der Waals surface area contributed by atoms with Gasteiger partial charge >= 0.3 is 30.1 Å². The van der Waals surface area contributed by atoms with Crippen molar-refractivity contribution < 1.29 is 53.7 Å². The highest BCUT2D eigenvalue weighted by atomic mass is 19.4. The van der Waals surface area contributed by atoms with E-state index in [0.717, 1.165) is 0 Å². The van der Waals surface area contributed by atoms with Crippen LogP contribution in [0.1, 0.15) is 0 Å². The Bertz CT molecular complexity index is 341. The largest absolute Gasteiger partial charge is 0.391 e. The van der Waals surface area contributed by atoms with Crippen LogP contribution >= 0.6 is 0 Å². The van der Waals surface area contributed by atoms with E-state index < -0.39 is 49.4 Å². The Morgan fingerprint density at radius 3 is 1.67 bits per heavy atom. The summed E-state index contributed by atoms with van der Waals surface area (Å²) in [5.41, 5.74) is 0. The van der Waals surface area contributed by atoms with Crippen LogP contribution in [0, 0.1) is 6.92 Å². The normalized spacial score (nSPS) is 16.4. The molecule has 0 aliphatic heterocycles. The van der Waals surface area contributed by atoms with Crippen molar-refractivity contribution in [2.75, 3.05) is 13.2 Å². The molecule has 0 heterocycles. The molecule has 0 fully saturated rings. The van der Waals surface area contributed by atoms with Crippen molar-refractivity contribution in [1.29, 1.82) is 0 Å². The summed E-state index contributed by atoms with van der Waals surface area (Å²) in [7, 11) is 0. The van der Waals surface area contributed by atoms with Crippen molar-refractivity contribution in [1.82, 2.24) is 0 Å². The van der Waals surface area contributed by atoms with Gasteiger partial charge in [0.1, 0.15) is 6.61 Å². The molecule has 0 aliphatic rings. The third kappa shape index (κ3) is 3.71. The number of hydrogen-bond donors (Lipinski definition) is 1. The second-order valence-electron chi connectivity index (χ2n) is 3.95. The quantitative estimate of drug-likeness (QED) is 0.689. The Hall–Kier alpha value is -0.780. The van der Waals surface area contributed by atoms with Gasteiger partial charge in [-0.25, -0.2) is 8.78 Å². The first kappa shape index (κ1) is 20.2. The Morgan fingerprint density at radius 2 is 1.33 bits per heavy atom. The minimum Gasteiger partial charge on any atom is -0.391 e. The number of hydrogen-bond acceptors (Lipinski definition) is 2. The van der Waals surface area contributed by atoms with Crippen LogP contribution in [0.25, 0.3) is 0 Å². The minimum absolute atomic E-state index is 1.09. The van der Waals surface area contributed by atoms with Gasteiger partial charge in [-0.05, 0) is 6.92 Å². The van der Waals surface area contributed by atoms with Gasteiger partial charge in [-0.1, -0.05) is 0 Å². The lowest BCUT2D eigenvalue weighted by molar-refractivity contribution is -0.388. The Labute approximate surface area is 111 Å². The number of ether oxygens (including phenoxy) is 1. The topological polar surface area (TPSA) is 29.5 Å². The number of rotatable bonds is 8. The highest BCUT2D eigenvalue weighted by Gasteiger charge is 2.82. The van der Waals surface area contributed by atoms with E-state index >= 15 is 0 Å². The summed E-state index contributed by atoms with van der Waals surface area (Å²) < 4.78 is 129. The molecule has 1 N–H and O–H groups in total. The van der Waals surface area contributed by atoms with E-state index in [9.17, 15) is 43.9 Å². The second-order valence-corrected chi connectivity index (χ2v) is 3.95. The van der Waals surface area contributed by atoms with E-state index in [1.807, 2.05) is 0 Å². The van der Waals surface area contributed by atoms with E-state index in [4.69, 9.17) is 5.11 Å². The smallest absolute Gasteiger partial charge is 0.384 e. The third-order valence-electron chi connectivity index (χ3n) is 2.14. The zero-order valence-electron chi connectivity index (χ0n) is 9.91. The number of halogens is 10. The van der Waals surface area contributed by atoms with Crippen molar-refractivity contribution in [2.24, 2.45) is 0 Å². The summed E-state index contributed by atoms with van der Waals surface area (Å²) in [5.74, 6) is -26.5. The molecule has 1 atom stereocenters. The number of aliphatic hydroxyl groups excluding tert-OH is 1. The van der Waals surface area contributed by atoms with Crippen molar-refractivity contribution in [3.05, 3.63) is 6.92 Å². The van der Waals surface area contributed by atoms with Crippen LogP contribution in [0.2, 0.25) is 0 Å². The van der Waals surface area contributed by atoms with Crippen LogP contribution in [0.15, 0.2) is 0 Å². The van der Waals surface area contributed by atoms with Gasteiger partial charge in [0, 0.05) is 0 Å². The van der Waals surface area contributed by atoms with Gasteiger partial charge in [0.05, 0.1) is 12.7 Å². The molecule has 2 nitrogen and oxygen atoms in total. The summed E-state index contributed by atoms with van der Waals surface area (Å²) in [4.78, 5) is 0. The van der Waals surface area contributed by atoms with Crippen LogP contribution in [-0.4, -0.2) is 54.5 Å². The molecule has 0 rings (SSSR count). The first-order valence-electron chi connectivity index (χ1n) is 4.99. The highest BCUT2D eigenvalue weighted by Crippen LogP contribution is 2.54. The molecule has 0 spiro atoms. The SMILES string of the molecule is [CH2]C(O)COCC(F)(F)C(F)(F)C(F)(F)C(F)(F)C(F)F. The van der Waals surface area contributed by atoms with Gasteiger partial charge in [0.25, 0.3) is 0 Å². The first-order valence-corrected chi connectivity index (χ1v) is 4.99. The zero-order chi connectivity index (χ0) is 17.3. The molecule has 1 unspecified atom stereocenters. The Kier molecular flexibility index (Phi) is 5.92. The molecule has 0 aromatic heterocycles. The molecule has 0 saturated heterocycles. The molecule has 0 saturated carbocycles. The van der Waals surface area contributed by atoms with Gasteiger partial charge < -0.3 is 9.84 Å². The summed E-state index contributed by atoms with van der Waals surface area (Å²) in [6, 6.07) is 0. The van der Waals surface area contributed by atoms with Crippen molar-refractivity contribution in [3.63, 3.8) is 0 Å². The van der Waals surface area contributed by atoms with Gasteiger partial charge in [-0.3, -0.25) is 0 Å². The second kappa shape index (κ2) is 6.15. The minimum atomic E-state index is -7.04. The summed E-state index contributed by atoms with van der Waals surface area (Å²) >= 11 is 0. The van der Waals surface area contributed by atoms with Crippen LogP contribution in [0.3, 0.4) is 0 Å². The van der Waals surface area contributed by atoms with Crippen LogP contribution in [0.5, 0.6) is 0 Å². The van der Waals surface area contributed by atoms with Crippen LogP contribution in [-0.2, 0) is 4.74 Å². The van der Waals surface area contributed by atoms with Crippen molar-refractivity contribution >= 4 is 0 Å². The summed E-state index contributed by atoms with van der Waals surface area (Å²) in [6.07, 6.45) is -6.98. The molecule has 0 bridgehead atoms. The molecule has 12 heteroatoms. The molecule has 21 heavy (non-hydrogen) atoms. The maximum absolute atomic E-state index is 12.9. The zero-order valence-corrected chi connectivity index (χ0v) is 9.91. The Morgan fingerprint density at radius 1 is 0.905 bits per heavy atom. The summed E-state index contributed by atoms with van der Waals surface area (Å²) in [6.45, 7) is -0.845.